The number of amides is 1. The van der Waals surface area contributed by atoms with E-state index in [1.165, 1.54) is 18.2 Å². The van der Waals surface area contributed by atoms with Gasteiger partial charge in [0.25, 0.3) is 5.91 Å². The lowest BCUT2D eigenvalue weighted by atomic mass is 10.00. The van der Waals surface area contributed by atoms with Crippen LogP contribution >= 0.6 is 35.0 Å². The van der Waals surface area contributed by atoms with Crippen molar-refractivity contribution >= 4 is 40.9 Å². The van der Waals surface area contributed by atoms with E-state index >= 15 is 0 Å². The van der Waals surface area contributed by atoms with Gasteiger partial charge in [0.2, 0.25) is 0 Å². The topological polar surface area (TPSA) is 41.1 Å². The number of benzene rings is 1. The van der Waals surface area contributed by atoms with Gasteiger partial charge < -0.3 is 10.6 Å². The number of halogens is 3. The summed E-state index contributed by atoms with van der Waals surface area (Å²) in [5.74, 6) is 0.0678. The first-order chi connectivity index (χ1) is 8.66. The van der Waals surface area contributed by atoms with Crippen LogP contribution in [0.5, 0.6) is 0 Å². The molecule has 0 radical (unpaired) electrons. The van der Waals surface area contributed by atoms with Crippen molar-refractivity contribution in [2.24, 2.45) is 5.92 Å². The van der Waals surface area contributed by atoms with Crippen molar-refractivity contribution < 1.29 is 9.18 Å². The summed E-state index contributed by atoms with van der Waals surface area (Å²) in [5.41, 5.74) is 0.542. The molecule has 2 N–H and O–H groups in total. The molecule has 1 fully saturated rings. The Labute approximate surface area is 132 Å². The minimum absolute atomic E-state index is 0. The van der Waals surface area contributed by atoms with Gasteiger partial charge in [-0.2, -0.15) is 0 Å². The Morgan fingerprint density at radius 1 is 1.53 bits per heavy atom. The highest BCUT2D eigenvalue weighted by atomic mass is 127. The van der Waals surface area contributed by atoms with E-state index in [1.54, 1.807) is 0 Å². The summed E-state index contributed by atoms with van der Waals surface area (Å²) in [6.45, 7) is 2.71. The van der Waals surface area contributed by atoms with E-state index in [4.69, 9.17) is 0 Å². The zero-order valence-corrected chi connectivity index (χ0v) is 13.4. The van der Waals surface area contributed by atoms with Crippen molar-refractivity contribution in [3.63, 3.8) is 0 Å². The Bertz CT molecular complexity index is 439. The quantitative estimate of drug-likeness (QED) is 0.769. The summed E-state index contributed by atoms with van der Waals surface area (Å²) in [4.78, 5) is 12.0. The average Bonchev–Trinajstić information content (AvgIpc) is 2.37. The van der Waals surface area contributed by atoms with Crippen molar-refractivity contribution in [1.29, 1.82) is 0 Å². The highest BCUT2D eigenvalue weighted by Gasteiger charge is 2.15. The van der Waals surface area contributed by atoms with Gasteiger partial charge in [-0.1, -0.05) is 0 Å². The van der Waals surface area contributed by atoms with E-state index < -0.39 is 0 Å². The minimum Gasteiger partial charge on any atom is -0.352 e. The van der Waals surface area contributed by atoms with Gasteiger partial charge in [-0.25, -0.2) is 4.39 Å². The van der Waals surface area contributed by atoms with Crippen LogP contribution in [-0.2, 0) is 0 Å². The van der Waals surface area contributed by atoms with Crippen molar-refractivity contribution in [2.75, 3.05) is 19.6 Å². The SMILES string of the molecule is Cl.O=C(NCC1CCCNC1)c1ccc(F)cc1I. The second-order valence-corrected chi connectivity index (χ2v) is 5.71. The molecule has 0 saturated carbocycles. The average molecular weight is 399 g/mol. The third-order valence-corrected chi connectivity index (χ3v) is 4.02. The summed E-state index contributed by atoms with van der Waals surface area (Å²) in [6.07, 6.45) is 2.31. The van der Waals surface area contributed by atoms with Gasteiger partial charge in [0.15, 0.2) is 0 Å². The minimum atomic E-state index is -0.313. The highest BCUT2D eigenvalue weighted by Crippen LogP contribution is 2.14. The maximum atomic E-state index is 12.9. The Hall–Kier alpha value is -0.400. The lowest BCUT2D eigenvalue weighted by Gasteiger charge is -2.22. The molecule has 2 rings (SSSR count). The Morgan fingerprint density at radius 3 is 2.95 bits per heavy atom. The number of rotatable bonds is 3. The molecule has 19 heavy (non-hydrogen) atoms. The number of nitrogens with one attached hydrogen (secondary N) is 2. The second-order valence-electron chi connectivity index (χ2n) is 4.55. The maximum Gasteiger partial charge on any atom is 0.252 e. The van der Waals surface area contributed by atoms with E-state index in [1.807, 2.05) is 22.6 Å². The molecule has 1 atom stereocenters. The highest BCUT2D eigenvalue weighted by molar-refractivity contribution is 14.1. The number of piperidine rings is 1. The lowest BCUT2D eigenvalue weighted by molar-refractivity contribution is 0.0944. The predicted molar refractivity (Wildman–Crippen MR) is 84.3 cm³/mol. The van der Waals surface area contributed by atoms with Gasteiger partial charge in [-0.3, -0.25) is 4.79 Å². The van der Waals surface area contributed by atoms with E-state index in [0.29, 0.717) is 21.6 Å². The molecule has 0 bridgehead atoms. The number of hydrogen-bond acceptors (Lipinski definition) is 2. The van der Waals surface area contributed by atoms with E-state index in [-0.39, 0.29) is 24.1 Å². The van der Waals surface area contributed by atoms with Gasteiger partial charge >= 0.3 is 0 Å². The standard InChI is InChI=1S/C13H16FIN2O.ClH/c14-10-3-4-11(12(15)6-10)13(18)17-8-9-2-1-5-16-7-9;/h3-4,6,9,16H,1-2,5,7-8H2,(H,17,18);1H. The fourth-order valence-electron chi connectivity index (χ4n) is 2.10. The van der Waals surface area contributed by atoms with Crippen molar-refractivity contribution in [1.82, 2.24) is 10.6 Å². The molecule has 1 aromatic rings. The largest absolute Gasteiger partial charge is 0.352 e. The number of carbonyl (C=O) groups is 1. The molecule has 1 aliphatic rings. The first kappa shape index (κ1) is 16.7. The third kappa shape index (κ3) is 4.89. The summed E-state index contributed by atoms with van der Waals surface area (Å²) in [5, 5.41) is 6.24. The van der Waals surface area contributed by atoms with Crippen molar-refractivity contribution in [2.45, 2.75) is 12.8 Å². The Kier molecular flexibility index (Phi) is 7.02. The summed E-state index contributed by atoms with van der Waals surface area (Å²) < 4.78 is 13.6. The van der Waals surface area contributed by atoms with Crippen molar-refractivity contribution in [3.05, 3.63) is 33.1 Å². The van der Waals surface area contributed by atoms with Gasteiger partial charge in [0, 0.05) is 10.1 Å². The fraction of sp³-hybridized carbons (Fsp3) is 0.462. The molecule has 0 aliphatic carbocycles. The molecule has 6 heteroatoms. The van der Waals surface area contributed by atoms with Crippen molar-refractivity contribution in [3.8, 4) is 0 Å². The molecule has 1 amide bonds. The predicted octanol–water partition coefficient (Wildman–Crippen LogP) is 2.58. The van der Waals surface area contributed by atoms with Gasteiger partial charge in [0.05, 0.1) is 5.56 Å². The maximum absolute atomic E-state index is 12.9. The van der Waals surface area contributed by atoms with Gasteiger partial charge in [-0.15, -0.1) is 12.4 Å². The van der Waals surface area contributed by atoms with E-state index in [9.17, 15) is 9.18 Å². The molecule has 1 aliphatic heterocycles. The van der Waals surface area contributed by atoms with Crippen LogP contribution in [0.25, 0.3) is 0 Å². The number of carbonyl (C=O) groups excluding carboxylic acids is 1. The summed E-state index contributed by atoms with van der Waals surface area (Å²) >= 11 is 1.98. The molecular weight excluding hydrogens is 382 g/mol. The number of hydrogen-bond donors (Lipinski definition) is 2. The third-order valence-electron chi connectivity index (χ3n) is 3.13. The molecule has 1 aromatic carbocycles. The molecular formula is C13H17ClFIN2O. The van der Waals surface area contributed by atoms with Gasteiger partial charge in [-0.05, 0) is 72.6 Å². The molecule has 106 valence electrons. The van der Waals surface area contributed by atoms with Crippen LogP contribution in [0.1, 0.15) is 23.2 Å². The van der Waals surface area contributed by atoms with Crippen LogP contribution in [0.15, 0.2) is 18.2 Å². The lowest BCUT2D eigenvalue weighted by Crippen LogP contribution is -2.38. The zero-order chi connectivity index (χ0) is 13.0. The second kappa shape index (κ2) is 8.01. The Balaban J connectivity index is 0.00000180. The molecule has 1 unspecified atom stereocenters. The molecule has 1 saturated heterocycles. The van der Waals surface area contributed by atoms with Crippen LogP contribution in [0, 0.1) is 15.3 Å². The van der Waals surface area contributed by atoms with Gasteiger partial charge in [0.1, 0.15) is 5.82 Å². The summed E-state index contributed by atoms with van der Waals surface area (Å²) in [7, 11) is 0. The molecule has 1 heterocycles. The monoisotopic (exact) mass is 398 g/mol. The normalized spacial score (nSPS) is 18.5. The van der Waals surface area contributed by atoms with Crippen LogP contribution in [0.4, 0.5) is 4.39 Å². The Morgan fingerprint density at radius 2 is 2.32 bits per heavy atom. The van der Waals surface area contributed by atoms with Crippen LogP contribution in [0.2, 0.25) is 0 Å². The van der Waals surface area contributed by atoms with Crippen LogP contribution in [0.3, 0.4) is 0 Å². The van der Waals surface area contributed by atoms with E-state index in [2.05, 4.69) is 10.6 Å². The first-order valence-electron chi connectivity index (χ1n) is 6.11. The fourth-order valence-corrected chi connectivity index (χ4v) is 2.83. The first-order valence-corrected chi connectivity index (χ1v) is 7.18. The smallest absolute Gasteiger partial charge is 0.252 e. The van der Waals surface area contributed by atoms with Crippen LogP contribution < -0.4 is 10.6 Å². The zero-order valence-electron chi connectivity index (χ0n) is 10.4. The molecule has 3 nitrogen and oxygen atoms in total. The van der Waals surface area contributed by atoms with Crippen LogP contribution in [-0.4, -0.2) is 25.5 Å². The molecule has 0 aromatic heterocycles. The molecule has 0 spiro atoms. The summed E-state index contributed by atoms with van der Waals surface area (Å²) in [6, 6.07) is 4.22. The van der Waals surface area contributed by atoms with E-state index in [0.717, 1.165) is 25.9 Å².